The van der Waals surface area contributed by atoms with Gasteiger partial charge in [-0.3, -0.25) is 14.5 Å². The summed E-state index contributed by atoms with van der Waals surface area (Å²) in [5.74, 6) is 1.18. The number of benzene rings is 2. The van der Waals surface area contributed by atoms with Crippen molar-refractivity contribution in [2.24, 2.45) is 0 Å². The number of amides is 2. The van der Waals surface area contributed by atoms with Crippen molar-refractivity contribution >= 4 is 29.0 Å². The molecule has 5 nitrogen and oxygen atoms in total. The predicted octanol–water partition coefficient (Wildman–Crippen LogP) is 4.43. The summed E-state index contributed by atoms with van der Waals surface area (Å²) in [4.78, 5) is 26.4. The maximum absolute atomic E-state index is 12.6. The van der Waals surface area contributed by atoms with Crippen LogP contribution in [-0.2, 0) is 4.79 Å². The van der Waals surface area contributed by atoms with Crippen LogP contribution >= 0.6 is 11.8 Å². The van der Waals surface area contributed by atoms with E-state index in [2.05, 4.69) is 0 Å². The van der Waals surface area contributed by atoms with E-state index in [0.29, 0.717) is 4.91 Å². The second-order valence-electron chi connectivity index (χ2n) is 6.23. The van der Waals surface area contributed by atoms with Gasteiger partial charge in [-0.15, -0.1) is 0 Å². The van der Waals surface area contributed by atoms with Crippen LogP contribution in [0.25, 0.3) is 6.08 Å². The molecule has 140 valence electrons. The fourth-order valence-corrected chi connectivity index (χ4v) is 3.60. The quantitative estimate of drug-likeness (QED) is 0.691. The molecule has 0 aliphatic carbocycles. The number of hydrogen-bond donors (Lipinski definition) is 0. The molecule has 6 heteroatoms. The molecule has 1 saturated heterocycles. The summed E-state index contributed by atoms with van der Waals surface area (Å²) in [6, 6.07) is 13.3. The molecule has 2 aromatic rings. The fraction of sp³-hybridized carbons (Fsp3) is 0.238. The van der Waals surface area contributed by atoms with Crippen molar-refractivity contribution in [1.29, 1.82) is 0 Å². The number of carbonyl (C=O) groups is 2. The van der Waals surface area contributed by atoms with E-state index in [-0.39, 0.29) is 24.3 Å². The summed E-state index contributed by atoms with van der Waals surface area (Å²) < 4.78 is 11.0. The van der Waals surface area contributed by atoms with E-state index in [1.165, 1.54) is 4.90 Å². The SMILES string of the molecule is COc1cc(/C=C2\SC(=O)N(CCOc3cccc(C)c3)C2=O)ccc1C. The molecule has 27 heavy (non-hydrogen) atoms. The Morgan fingerprint density at radius 3 is 2.67 bits per heavy atom. The van der Waals surface area contributed by atoms with Gasteiger partial charge in [0.15, 0.2) is 0 Å². The molecule has 0 atom stereocenters. The number of aryl methyl sites for hydroxylation is 2. The van der Waals surface area contributed by atoms with Crippen LogP contribution in [0.3, 0.4) is 0 Å². The smallest absolute Gasteiger partial charge is 0.293 e. The summed E-state index contributed by atoms with van der Waals surface area (Å²) in [5.41, 5.74) is 2.92. The van der Waals surface area contributed by atoms with Crippen LogP contribution in [0.2, 0.25) is 0 Å². The lowest BCUT2D eigenvalue weighted by molar-refractivity contribution is -0.123. The molecule has 0 unspecified atom stereocenters. The first-order valence-electron chi connectivity index (χ1n) is 8.57. The molecule has 2 aromatic carbocycles. The maximum atomic E-state index is 12.6. The summed E-state index contributed by atoms with van der Waals surface area (Å²) in [7, 11) is 1.61. The lowest BCUT2D eigenvalue weighted by Gasteiger charge is -2.13. The van der Waals surface area contributed by atoms with E-state index in [4.69, 9.17) is 9.47 Å². The molecule has 0 spiro atoms. The summed E-state index contributed by atoms with van der Waals surface area (Å²) in [6.07, 6.45) is 1.72. The summed E-state index contributed by atoms with van der Waals surface area (Å²) in [6.45, 7) is 4.40. The number of hydrogen-bond acceptors (Lipinski definition) is 5. The second-order valence-corrected chi connectivity index (χ2v) is 7.22. The van der Waals surface area contributed by atoms with Gasteiger partial charge in [-0.25, -0.2) is 0 Å². The van der Waals surface area contributed by atoms with Gasteiger partial charge in [0.25, 0.3) is 11.1 Å². The first-order valence-corrected chi connectivity index (χ1v) is 9.39. The number of thioether (sulfide) groups is 1. The third-order valence-corrected chi connectivity index (χ3v) is 5.08. The molecular weight excluding hydrogens is 362 g/mol. The number of nitrogens with zero attached hydrogens (tertiary/aromatic N) is 1. The predicted molar refractivity (Wildman–Crippen MR) is 107 cm³/mol. The molecule has 3 rings (SSSR count). The van der Waals surface area contributed by atoms with E-state index < -0.39 is 0 Å². The number of rotatable bonds is 6. The van der Waals surface area contributed by atoms with Gasteiger partial charge in [0, 0.05) is 0 Å². The zero-order chi connectivity index (χ0) is 19.4. The van der Waals surface area contributed by atoms with Gasteiger partial charge in [-0.1, -0.05) is 24.3 Å². The van der Waals surface area contributed by atoms with Crippen molar-refractivity contribution in [3.05, 3.63) is 64.1 Å². The molecule has 0 bridgehead atoms. The van der Waals surface area contributed by atoms with Crippen LogP contribution in [0, 0.1) is 13.8 Å². The van der Waals surface area contributed by atoms with Crippen molar-refractivity contribution < 1.29 is 19.1 Å². The van der Waals surface area contributed by atoms with Crippen molar-refractivity contribution in [3.63, 3.8) is 0 Å². The lowest BCUT2D eigenvalue weighted by Crippen LogP contribution is -2.32. The Labute approximate surface area is 163 Å². The van der Waals surface area contributed by atoms with E-state index >= 15 is 0 Å². The minimum Gasteiger partial charge on any atom is -0.496 e. The number of ether oxygens (including phenoxy) is 2. The number of methoxy groups -OCH3 is 1. The van der Waals surface area contributed by atoms with Gasteiger partial charge in [0.05, 0.1) is 18.6 Å². The fourth-order valence-electron chi connectivity index (χ4n) is 2.73. The van der Waals surface area contributed by atoms with Gasteiger partial charge in [0.2, 0.25) is 0 Å². The zero-order valence-corrected chi connectivity index (χ0v) is 16.3. The molecule has 0 saturated carbocycles. The van der Waals surface area contributed by atoms with Gasteiger partial charge < -0.3 is 9.47 Å². The van der Waals surface area contributed by atoms with E-state index in [1.807, 2.05) is 56.3 Å². The van der Waals surface area contributed by atoms with Crippen molar-refractivity contribution in [3.8, 4) is 11.5 Å². The highest BCUT2D eigenvalue weighted by molar-refractivity contribution is 8.18. The van der Waals surface area contributed by atoms with E-state index in [1.54, 1.807) is 13.2 Å². The van der Waals surface area contributed by atoms with Crippen LogP contribution in [0.4, 0.5) is 4.79 Å². The third-order valence-electron chi connectivity index (χ3n) is 4.18. The van der Waals surface area contributed by atoms with Crippen LogP contribution < -0.4 is 9.47 Å². The zero-order valence-electron chi connectivity index (χ0n) is 15.5. The summed E-state index contributed by atoms with van der Waals surface area (Å²) in [5, 5.41) is -0.279. The minimum atomic E-state index is -0.294. The van der Waals surface area contributed by atoms with Crippen LogP contribution in [-0.4, -0.2) is 36.3 Å². The van der Waals surface area contributed by atoms with Crippen LogP contribution in [0.1, 0.15) is 16.7 Å². The molecule has 0 radical (unpaired) electrons. The molecule has 1 aliphatic heterocycles. The Bertz CT molecular complexity index is 907. The Kier molecular flexibility index (Phi) is 5.86. The van der Waals surface area contributed by atoms with Crippen molar-refractivity contribution in [1.82, 2.24) is 4.90 Å². The van der Waals surface area contributed by atoms with Gasteiger partial charge in [0.1, 0.15) is 18.1 Å². The second kappa shape index (κ2) is 8.31. The molecule has 0 aromatic heterocycles. The van der Waals surface area contributed by atoms with Crippen LogP contribution in [0.5, 0.6) is 11.5 Å². The average Bonchev–Trinajstić information content (AvgIpc) is 2.90. The molecule has 2 amide bonds. The average molecular weight is 383 g/mol. The highest BCUT2D eigenvalue weighted by atomic mass is 32.2. The Morgan fingerprint density at radius 2 is 1.93 bits per heavy atom. The maximum Gasteiger partial charge on any atom is 0.293 e. The van der Waals surface area contributed by atoms with Crippen molar-refractivity contribution in [2.45, 2.75) is 13.8 Å². The lowest BCUT2D eigenvalue weighted by atomic mass is 10.1. The highest BCUT2D eigenvalue weighted by Gasteiger charge is 2.34. The monoisotopic (exact) mass is 383 g/mol. The van der Waals surface area contributed by atoms with Gasteiger partial charge >= 0.3 is 0 Å². The first kappa shape index (κ1) is 19.0. The minimum absolute atomic E-state index is 0.215. The number of carbonyl (C=O) groups excluding carboxylic acids is 2. The van der Waals surface area contributed by atoms with Gasteiger partial charge in [-0.2, -0.15) is 0 Å². The topological polar surface area (TPSA) is 55.8 Å². The Morgan fingerprint density at radius 1 is 1.11 bits per heavy atom. The molecule has 1 aliphatic rings. The largest absolute Gasteiger partial charge is 0.496 e. The van der Waals surface area contributed by atoms with Gasteiger partial charge in [-0.05, 0) is 66.6 Å². The molecular formula is C21H21NO4S. The normalized spacial score (nSPS) is 15.5. The molecule has 1 heterocycles. The Hall–Kier alpha value is -2.73. The number of imide groups is 1. The molecule has 0 N–H and O–H groups in total. The third kappa shape index (κ3) is 4.52. The Balaban J connectivity index is 1.66. The van der Waals surface area contributed by atoms with E-state index in [0.717, 1.165) is 40.0 Å². The van der Waals surface area contributed by atoms with Crippen LogP contribution in [0.15, 0.2) is 47.4 Å². The summed E-state index contributed by atoms with van der Waals surface area (Å²) >= 11 is 0.945. The first-order chi connectivity index (χ1) is 13.0. The molecule has 1 fully saturated rings. The standard InChI is InChI=1S/C21H21NO4S/c1-14-5-4-6-17(11-14)26-10-9-22-20(23)19(27-21(22)24)13-16-8-7-15(2)18(12-16)25-3/h4-8,11-13H,9-10H2,1-3H3/b19-13-. The highest BCUT2D eigenvalue weighted by Crippen LogP contribution is 2.33. The van der Waals surface area contributed by atoms with E-state index in [9.17, 15) is 9.59 Å². The van der Waals surface area contributed by atoms with Crippen molar-refractivity contribution in [2.75, 3.05) is 20.3 Å².